The number of benzene rings is 2. The fourth-order valence-electron chi connectivity index (χ4n) is 2.73. The second kappa shape index (κ2) is 5.35. The summed E-state index contributed by atoms with van der Waals surface area (Å²) in [5.41, 5.74) is -0.796. The van der Waals surface area contributed by atoms with Crippen molar-refractivity contribution < 1.29 is 10.3 Å². The molecule has 0 aliphatic rings. The van der Waals surface area contributed by atoms with E-state index in [0.717, 1.165) is 4.68 Å². The number of phenolic OH excluding ortho intramolecular Hbond substituents is 1. The number of pyridine rings is 1. The maximum absolute atomic E-state index is 12.8. The van der Waals surface area contributed by atoms with Gasteiger partial charge in [-0.25, -0.2) is 0 Å². The van der Waals surface area contributed by atoms with Crippen molar-refractivity contribution in [1.82, 2.24) is 14.5 Å². The van der Waals surface area contributed by atoms with Gasteiger partial charge in [0.05, 0.1) is 22.8 Å². The van der Waals surface area contributed by atoms with E-state index in [0.29, 0.717) is 15.4 Å². The maximum Gasteiger partial charge on any atom is 0.299 e. The summed E-state index contributed by atoms with van der Waals surface area (Å²) < 4.78 is 1.68. The van der Waals surface area contributed by atoms with Crippen LogP contribution < -0.4 is 11.0 Å². The van der Waals surface area contributed by atoms with Crippen molar-refractivity contribution in [3.63, 3.8) is 0 Å². The third kappa shape index (κ3) is 2.25. The molecule has 0 bridgehead atoms. The van der Waals surface area contributed by atoms with E-state index >= 15 is 0 Å². The van der Waals surface area contributed by atoms with Gasteiger partial charge in [0.1, 0.15) is 5.75 Å². The molecule has 4 rings (SSSR count). The lowest BCUT2D eigenvalue weighted by atomic mass is 10.1. The first-order chi connectivity index (χ1) is 12.0. The quantitative estimate of drug-likeness (QED) is 0.403. The number of hydrogen-bond donors (Lipinski definition) is 2. The van der Waals surface area contributed by atoms with Crippen molar-refractivity contribution in [2.75, 3.05) is 0 Å². The first-order valence-electron chi connectivity index (χ1n) is 7.22. The number of nitrogens with zero attached hydrogens (tertiary/aromatic N) is 3. The van der Waals surface area contributed by atoms with Crippen LogP contribution in [0.15, 0.2) is 58.3 Å². The van der Waals surface area contributed by atoms with Crippen LogP contribution in [0.4, 0.5) is 0 Å². The van der Waals surface area contributed by atoms with Gasteiger partial charge in [0.15, 0.2) is 10.9 Å². The van der Waals surface area contributed by atoms with Crippen LogP contribution in [0.3, 0.4) is 0 Å². The Balaban J connectivity index is 2.15. The van der Waals surface area contributed by atoms with Crippen molar-refractivity contribution in [3.05, 3.63) is 74.3 Å². The van der Waals surface area contributed by atoms with Gasteiger partial charge in [-0.15, -0.1) is 0 Å². The number of rotatable bonds is 1. The van der Waals surface area contributed by atoms with Gasteiger partial charge < -0.3 is 10.3 Å². The number of fused-ring (bicyclic) bond motifs is 2. The van der Waals surface area contributed by atoms with E-state index in [-0.39, 0.29) is 27.6 Å². The minimum atomic E-state index is -0.676. The molecule has 0 spiro atoms. The van der Waals surface area contributed by atoms with E-state index < -0.39 is 11.0 Å². The van der Waals surface area contributed by atoms with Crippen LogP contribution in [0.25, 0.3) is 27.5 Å². The van der Waals surface area contributed by atoms with Crippen LogP contribution in [0, 0.1) is 0 Å². The maximum atomic E-state index is 12.8. The van der Waals surface area contributed by atoms with E-state index in [2.05, 4.69) is 5.10 Å². The first kappa shape index (κ1) is 15.2. The second-order valence-corrected chi connectivity index (χ2v) is 5.88. The van der Waals surface area contributed by atoms with Crippen LogP contribution in [-0.2, 0) is 0 Å². The molecule has 0 saturated carbocycles. The Morgan fingerprint density at radius 1 is 1.00 bits per heavy atom. The van der Waals surface area contributed by atoms with Crippen molar-refractivity contribution in [2.45, 2.75) is 0 Å². The van der Waals surface area contributed by atoms with Gasteiger partial charge in [0.25, 0.3) is 5.56 Å². The first-order valence-corrected chi connectivity index (χ1v) is 7.60. The molecule has 124 valence electrons. The third-order valence-corrected chi connectivity index (χ3v) is 4.17. The molecule has 0 unspecified atom stereocenters. The van der Waals surface area contributed by atoms with E-state index in [1.165, 1.54) is 48.7 Å². The SMILES string of the molecule is O=c1c2ccc(Cl)cc2n(O)c2c(=O)n(-c3ccc(O)cc3)ncc12. The van der Waals surface area contributed by atoms with Crippen LogP contribution in [0.1, 0.15) is 0 Å². The largest absolute Gasteiger partial charge is 0.508 e. The molecule has 25 heavy (non-hydrogen) atoms. The van der Waals surface area contributed by atoms with Gasteiger partial charge in [-0.2, -0.15) is 14.5 Å². The summed E-state index contributed by atoms with van der Waals surface area (Å²) >= 11 is 5.93. The van der Waals surface area contributed by atoms with Gasteiger partial charge in [-0.3, -0.25) is 9.59 Å². The lowest BCUT2D eigenvalue weighted by Gasteiger charge is -2.10. The highest BCUT2D eigenvalue weighted by Crippen LogP contribution is 2.20. The van der Waals surface area contributed by atoms with E-state index in [1.807, 2.05) is 0 Å². The highest BCUT2D eigenvalue weighted by atomic mass is 35.5. The smallest absolute Gasteiger partial charge is 0.299 e. The Labute approximate surface area is 144 Å². The summed E-state index contributed by atoms with van der Waals surface area (Å²) in [5, 5.41) is 24.4. The molecule has 0 atom stereocenters. The zero-order valence-corrected chi connectivity index (χ0v) is 13.3. The van der Waals surface area contributed by atoms with Crippen molar-refractivity contribution >= 4 is 33.4 Å². The van der Waals surface area contributed by atoms with E-state index in [1.54, 1.807) is 0 Å². The molecule has 0 amide bonds. The third-order valence-electron chi connectivity index (χ3n) is 3.94. The Hall–Kier alpha value is -3.32. The molecule has 8 heteroatoms. The zero-order chi connectivity index (χ0) is 17.7. The van der Waals surface area contributed by atoms with Gasteiger partial charge in [0.2, 0.25) is 0 Å². The monoisotopic (exact) mass is 355 g/mol. The Morgan fingerprint density at radius 3 is 2.44 bits per heavy atom. The molecule has 0 radical (unpaired) electrons. The van der Waals surface area contributed by atoms with Gasteiger partial charge in [0, 0.05) is 10.4 Å². The second-order valence-electron chi connectivity index (χ2n) is 5.44. The molecular weight excluding hydrogens is 346 g/mol. The zero-order valence-electron chi connectivity index (χ0n) is 12.5. The van der Waals surface area contributed by atoms with Crippen LogP contribution in [0.5, 0.6) is 5.75 Å². The molecule has 7 nitrogen and oxygen atoms in total. The average molecular weight is 356 g/mol. The Bertz CT molecular complexity index is 1260. The van der Waals surface area contributed by atoms with Crippen LogP contribution >= 0.6 is 11.6 Å². The summed E-state index contributed by atoms with van der Waals surface area (Å²) in [7, 11) is 0. The molecule has 0 saturated heterocycles. The molecule has 0 aliphatic heterocycles. The minimum Gasteiger partial charge on any atom is -0.508 e. The molecule has 2 aromatic heterocycles. The highest BCUT2D eigenvalue weighted by Gasteiger charge is 2.16. The van der Waals surface area contributed by atoms with Gasteiger partial charge >= 0.3 is 0 Å². The Morgan fingerprint density at radius 2 is 1.72 bits per heavy atom. The van der Waals surface area contributed by atoms with E-state index in [9.17, 15) is 19.9 Å². The fraction of sp³-hybridized carbons (Fsp3) is 0. The van der Waals surface area contributed by atoms with Gasteiger partial charge in [-0.1, -0.05) is 11.6 Å². The average Bonchev–Trinajstić information content (AvgIpc) is 2.60. The Kier molecular flexibility index (Phi) is 3.26. The molecule has 2 N–H and O–H groups in total. The summed E-state index contributed by atoms with van der Waals surface area (Å²) in [6, 6.07) is 10.2. The predicted octanol–water partition coefficient (Wildman–Crippen LogP) is 2.30. The lowest BCUT2D eigenvalue weighted by Crippen LogP contribution is -2.26. The molecule has 4 aromatic rings. The van der Waals surface area contributed by atoms with Crippen molar-refractivity contribution in [1.29, 1.82) is 0 Å². The molecule has 2 heterocycles. The lowest BCUT2D eigenvalue weighted by molar-refractivity contribution is 0.210. The van der Waals surface area contributed by atoms with Crippen molar-refractivity contribution in [3.8, 4) is 11.4 Å². The summed E-state index contributed by atoms with van der Waals surface area (Å²) in [6.45, 7) is 0. The van der Waals surface area contributed by atoms with Crippen molar-refractivity contribution in [2.24, 2.45) is 0 Å². The number of aromatic nitrogens is 3. The molecule has 0 fully saturated rings. The number of phenols is 1. The summed E-state index contributed by atoms with van der Waals surface area (Å²) in [4.78, 5) is 25.4. The van der Waals surface area contributed by atoms with Crippen LogP contribution in [0.2, 0.25) is 5.02 Å². The topological polar surface area (TPSA) is 97.4 Å². The minimum absolute atomic E-state index is 0.00245. The highest BCUT2D eigenvalue weighted by molar-refractivity contribution is 6.31. The normalized spacial score (nSPS) is 11.2. The van der Waals surface area contributed by atoms with E-state index in [4.69, 9.17) is 11.6 Å². The predicted molar refractivity (Wildman–Crippen MR) is 93.0 cm³/mol. The van der Waals surface area contributed by atoms with Crippen LogP contribution in [-0.4, -0.2) is 24.8 Å². The fourth-order valence-corrected chi connectivity index (χ4v) is 2.90. The molecule has 2 aromatic carbocycles. The molecular formula is C17H10ClN3O4. The van der Waals surface area contributed by atoms with Gasteiger partial charge in [-0.05, 0) is 42.5 Å². The number of hydrogen-bond acceptors (Lipinski definition) is 5. The number of aromatic hydroxyl groups is 1. The standard InChI is InChI=1S/C17H10ClN3O4/c18-9-1-6-12-14(7-9)21(25)15-13(16(12)23)8-19-20(17(15)24)10-2-4-11(22)5-3-10/h1-8,22,25H. The summed E-state index contributed by atoms with van der Waals surface area (Å²) in [6.07, 6.45) is 1.23. The summed E-state index contributed by atoms with van der Waals surface area (Å²) in [5.74, 6) is 0.0392. The number of halogens is 1. The molecule has 0 aliphatic carbocycles.